The van der Waals surface area contributed by atoms with Crippen molar-refractivity contribution in [3.05, 3.63) is 12.2 Å². The number of ether oxygens (including phenoxy) is 3. The summed E-state index contributed by atoms with van der Waals surface area (Å²) in [5.41, 5.74) is 0.452. The largest absolute Gasteiger partial charge is 0.462 e. The fourth-order valence-corrected chi connectivity index (χ4v) is 3.45. The molecule has 0 aromatic carbocycles. The Hall–Kier alpha value is -0.653. The van der Waals surface area contributed by atoms with Crippen molar-refractivity contribution in [3.8, 4) is 0 Å². The van der Waals surface area contributed by atoms with E-state index < -0.39 is 9.52 Å². The van der Waals surface area contributed by atoms with Crippen LogP contribution >= 0.6 is 0 Å². The van der Waals surface area contributed by atoms with E-state index in [4.69, 9.17) is 14.2 Å². The molecular weight excluding hydrogens is 296 g/mol. The smallest absolute Gasteiger partial charge is 0.333 e. The van der Waals surface area contributed by atoms with Gasteiger partial charge in [0.1, 0.15) is 5.91 Å². The van der Waals surface area contributed by atoms with E-state index in [1.54, 1.807) is 6.92 Å². The zero-order chi connectivity index (χ0) is 16.8. The van der Waals surface area contributed by atoms with Gasteiger partial charge in [-0.15, -0.1) is 0 Å². The molecule has 0 aliphatic carbocycles. The Bertz CT molecular complexity index is 297. The Morgan fingerprint density at radius 1 is 1.14 bits per heavy atom. The highest BCUT2D eigenvalue weighted by molar-refractivity contribution is 6.36. The Morgan fingerprint density at radius 3 is 2.14 bits per heavy atom. The van der Waals surface area contributed by atoms with E-state index in [-0.39, 0.29) is 11.9 Å². The Balaban J connectivity index is 4.00. The van der Waals surface area contributed by atoms with Crippen LogP contribution in [-0.4, -0.2) is 41.2 Å². The third-order valence-corrected chi connectivity index (χ3v) is 5.61. The maximum atomic E-state index is 11.4. The summed E-state index contributed by atoms with van der Waals surface area (Å²) in [4.78, 5) is 11.4. The Kier molecular flexibility index (Phi) is 13.6. The van der Waals surface area contributed by atoms with Gasteiger partial charge in [-0.1, -0.05) is 46.2 Å². The highest BCUT2D eigenvalue weighted by atomic mass is 28.2. The Morgan fingerprint density at radius 2 is 1.68 bits per heavy atom. The lowest BCUT2D eigenvalue weighted by Gasteiger charge is -2.20. The molecule has 0 fully saturated rings. The number of carbonyl (C=O) groups is 1. The van der Waals surface area contributed by atoms with E-state index in [9.17, 15) is 4.79 Å². The van der Waals surface area contributed by atoms with E-state index in [2.05, 4.69) is 27.4 Å². The fraction of sp³-hybridized carbons (Fsp3) is 0.824. The number of carbonyl (C=O) groups excluding carboxylic acids is 1. The molecule has 0 spiro atoms. The van der Waals surface area contributed by atoms with Gasteiger partial charge >= 0.3 is 5.97 Å². The lowest BCUT2D eigenvalue weighted by atomic mass is 10.2. The highest BCUT2D eigenvalue weighted by Crippen LogP contribution is 2.09. The van der Waals surface area contributed by atoms with E-state index in [1.807, 2.05) is 0 Å². The number of hydrogen-bond acceptors (Lipinski definition) is 4. The van der Waals surface area contributed by atoms with Crippen molar-refractivity contribution in [3.63, 3.8) is 0 Å². The summed E-state index contributed by atoms with van der Waals surface area (Å²) < 4.78 is 16.9. The quantitative estimate of drug-likeness (QED) is 0.161. The molecule has 130 valence electrons. The SMILES string of the molecule is C=C(C)C(=O)OCC(C)C[SiH2]C(OCCCC)OCCCC. The van der Waals surface area contributed by atoms with Gasteiger partial charge in [0.05, 0.1) is 16.1 Å². The van der Waals surface area contributed by atoms with Gasteiger partial charge in [-0.3, -0.25) is 0 Å². The summed E-state index contributed by atoms with van der Waals surface area (Å²) in [6.45, 7) is 13.7. The molecule has 1 unspecified atom stereocenters. The maximum Gasteiger partial charge on any atom is 0.333 e. The molecular formula is C17H34O4Si. The van der Waals surface area contributed by atoms with Gasteiger partial charge in [0.25, 0.3) is 0 Å². The molecule has 0 radical (unpaired) electrons. The second-order valence-corrected chi connectivity index (χ2v) is 7.76. The van der Waals surface area contributed by atoms with Crippen LogP contribution in [0.2, 0.25) is 6.04 Å². The van der Waals surface area contributed by atoms with Crippen molar-refractivity contribution < 1.29 is 19.0 Å². The predicted molar refractivity (Wildman–Crippen MR) is 93.8 cm³/mol. The minimum atomic E-state index is -0.501. The second kappa shape index (κ2) is 14.0. The van der Waals surface area contributed by atoms with Crippen molar-refractivity contribution in [2.45, 2.75) is 65.3 Å². The van der Waals surface area contributed by atoms with Crippen LogP contribution in [0.5, 0.6) is 0 Å². The molecule has 0 aliphatic rings. The summed E-state index contributed by atoms with van der Waals surface area (Å²) in [6, 6.07) is 1.05. The fourth-order valence-electron chi connectivity index (χ4n) is 1.78. The molecule has 22 heavy (non-hydrogen) atoms. The van der Waals surface area contributed by atoms with Crippen molar-refractivity contribution in [1.82, 2.24) is 0 Å². The van der Waals surface area contributed by atoms with Gasteiger partial charge < -0.3 is 14.2 Å². The predicted octanol–water partition coefficient (Wildman–Crippen LogP) is 3.25. The molecule has 0 bridgehead atoms. The average molecular weight is 331 g/mol. The number of unbranched alkanes of at least 4 members (excludes halogenated alkanes) is 2. The van der Waals surface area contributed by atoms with Gasteiger partial charge in [-0.25, -0.2) is 4.79 Å². The first-order valence-corrected chi connectivity index (χ1v) is 10.4. The van der Waals surface area contributed by atoms with E-state index in [0.717, 1.165) is 44.9 Å². The second-order valence-electron chi connectivity index (χ2n) is 5.94. The molecule has 0 aliphatic heterocycles. The number of esters is 1. The minimum Gasteiger partial charge on any atom is -0.462 e. The summed E-state index contributed by atoms with van der Waals surface area (Å²) >= 11 is 0. The standard InChI is InChI=1S/C17H34O4Si/c1-6-8-10-19-17(20-11-9-7-2)22-13-15(5)12-21-16(18)14(3)4/h15,17H,3,6-13,22H2,1-2,4-5H3. The highest BCUT2D eigenvalue weighted by Gasteiger charge is 2.14. The molecule has 0 amide bonds. The number of hydrogen-bond donors (Lipinski definition) is 0. The first-order chi connectivity index (χ1) is 10.5. The lowest BCUT2D eigenvalue weighted by Crippen LogP contribution is -2.27. The summed E-state index contributed by atoms with van der Waals surface area (Å²) in [7, 11) is -0.501. The van der Waals surface area contributed by atoms with Gasteiger partial charge in [-0.2, -0.15) is 0 Å². The van der Waals surface area contributed by atoms with Crippen molar-refractivity contribution in [2.24, 2.45) is 5.92 Å². The summed E-state index contributed by atoms with van der Waals surface area (Å²) in [6.07, 6.45) is 4.43. The first-order valence-electron chi connectivity index (χ1n) is 8.57. The van der Waals surface area contributed by atoms with Crippen molar-refractivity contribution >= 4 is 15.5 Å². The molecule has 4 nitrogen and oxygen atoms in total. The zero-order valence-electron chi connectivity index (χ0n) is 14.9. The zero-order valence-corrected chi connectivity index (χ0v) is 16.3. The molecule has 0 saturated heterocycles. The molecule has 0 aromatic rings. The molecule has 0 rings (SSSR count). The summed E-state index contributed by atoms with van der Waals surface area (Å²) in [5.74, 6) is 0.0443. The third-order valence-electron chi connectivity index (χ3n) is 3.35. The molecule has 0 aromatic heterocycles. The normalized spacial score (nSPS) is 13.0. The van der Waals surface area contributed by atoms with Gasteiger partial charge in [0.2, 0.25) is 0 Å². The average Bonchev–Trinajstić information content (AvgIpc) is 2.49. The van der Waals surface area contributed by atoms with Crippen LogP contribution in [0.4, 0.5) is 0 Å². The molecule has 1 atom stereocenters. The van der Waals surface area contributed by atoms with E-state index in [0.29, 0.717) is 18.1 Å². The van der Waals surface area contributed by atoms with Crippen LogP contribution in [-0.2, 0) is 19.0 Å². The Labute approximate surface area is 138 Å². The first kappa shape index (κ1) is 21.3. The minimum absolute atomic E-state index is 0.00241. The van der Waals surface area contributed by atoms with Crippen LogP contribution < -0.4 is 0 Å². The van der Waals surface area contributed by atoms with Gasteiger partial charge in [0, 0.05) is 18.8 Å². The van der Waals surface area contributed by atoms with Crippen molar-refractivity contribution in [2.75, 3.05) is 19.8 Å². The lowest BCUT2D eigenvalue weighted by molar-refractivity contribution is -0.139. The van der Waals surface area contributed by atoms with Crippen molar-refractivity contribution in [1.29, 1.82) is 0 Å². The van der Waals surface area contributed by atoms with Crippen LogP contribution in [0.1, 0.15) is 53.4 Å². The monoisotopic (exact) mass is 330 g/mol. The maximum absolute atomic E-state index is 11.4. The number of rotatable bonds is 14. The van der Waals surface area contributed by atoms with Crippen LogP contribution in [0.15, 0.2) is 12.2 Å². The molecule has 0 saturated carbocycles. The van der Waals surface area contributed by atoms with Crippen LogP contribution in [0, 0.1) is 5.92 Å². The molecule has 0 N–H and O–H groups in total. The topological polar surface area (TPSA) is 44.8 Å². The van der Waals surface area contributed by atoms with E-state index >= 15 is 0 Å². The van der Waals surface area contributed by atoms with Gasteiger partial charge in [0.15, 0.2) is 0 Å². The van der Waals surface area contributed by atoms with Crippen LogP contribution in [0.3, 0.4) is 0 Å². The third kappa shape index (κ3) is 11.9. The molecule has 0 heterocycles. The van der Waals surface area contributed by atoms with E-state index in [1.165, 1.54) is 0 Å². The molecule has 5 heteroatoms. The van der Waals surface area contributed by atoms with Crippen LogP contribution in [0.25, 0.3) is 0 Å². The van der Waals surface area contributed by atoms with Gasteiger partial charge in [-0.05, 0) is 25.7 Å². The summed E-state index contributed by atoms with van der Waals surface area (Å²) in [5, 5.41) is 0.